The van der Waals surface area contributed by atoms with Crippen LogP contribution in [0.5, 0.6) is 0 Å². The van der Waals surface area contributed by atoms with Gasteiger partial charge >= 0.3 is 0 Å². The maximum atomic E-state index is 8.47. The number of likely N-dealkylation sites (N-methyl/N-ethyl adjacent to an activating group) is 1. The van der Waals surface area contributed by atoms with Gasteiger partial charge in [-0.15, -0.1) is 0 Å². The number of hydrogen-bond acceptors (Lipinski definition) is 3. The first-order chi connectivity index (χ1) is 8.26. The van der Waals surface area contributed by atoms with Crippen molar-refractivity contribution in [3.8, 4) is 0 Å². The van der Waals surface area contributed by atoms with Gasteiger partial charge in [-0.1, -0.05) is 42.4 Å². The van der Waals surface area contributed by atoms with Crippen molar-refractivity contribution in [3.05, 3.63) is 35.9 Å². The van der Waals surface area contributed by atoms with Crippen LogP contribution in [-0.4, -0.2) is 35.6 Å². The van der Waals surface area contributed by atoms with Crippen LogP contribution in [0.15, 0.2) is 35.5 Å². The van der Waals surface area contributed by atoms with E-state index in [0.717, 1.165) is 26.1 Å². The predicted molar refractivity (Wildman–Crippen MR) is 70.3 cm³/mol. The van der Waals surface area contributed by atoms with Crippen molar-refractivity contribution in [1.82, 2.24) is 4.90 Å². The molecule has 1 rings (SSSR count). The van der Waals surface area contributed by atoms with Gasteiger partial charge in [-0.3, -0.25) is 0 Å². The van der Waals surface area contributed by atoms with E-state index >= 15 is 0 Å². The van der Waals surface area contributed by atoms with Gasteiger partial charge in [0.15, 0.2) is 0 Å². The Kier molecular flexibility index (Phi) is 6.10. The molecule has 3 N–H and O–H groups in total. The van der Waals surface area contributed by atoms with Crippen LogP contribution < -0.4 is 5.73 Å². The lowest BCUT2D eigenvalue weighted by Crippen LogP contribution is -2.30. The van der Waals surface area contributed by atoms with Crippen molar-refractivity contribution in [1.29, 1.82) is 0 Å². The zero-order valence-corrected chi connectivity index (χ0v) is 10.3. The molecule has 0 heterocycles. The normalized spacial score (nSPS) is 12.0. The molecule has 1 aromatic rings. The van der Waals surface area contributed by atoms with Crippen molar-refractivity contribution >= 4 is 5.84 Å². The summed E-state index contributed by atoms with van der Waals surface area (Å²) in [6, 6.07) is 10.4. The Balaban J connectivity index is 2.32. The smallest absolute Gasteiger partial charge is 0.140 e. The number of rotatable bonds is 7. The second kappa shape index (κ2) is 7.68. The van der Waals surface area contributed by atoms with Crippen LogP contribution in [0, 0.1) is 0 Å². The summed E-state index contributed by atoms with van der Waals surface area (Å²) in [6.07, 6.45) is 1.64. The molecule has 0 amide bonds. The third kappa shape index (κ3) is 5.36. The molecule has 0 aromatic heterocycles. The fourth-order valence-electron chi connectivity index (χ4n) is 1.68. The highest BCUT2D eigenvalue weighted by molar-refractivity contribution is 5.79. The number of nitrogens with two attached hydrogens (primary N) is 1. The van der Waals surface area contributed by atoms with E-state index in [0.29, 0.717) is 12.3 Å². The summed E-state index contributed by atoms with van der Waals surface area (Å²) < 4.78 is 0. The molecule has 0 spiro atoms. The first-order valence-electron chi connectivity index (χ1n) is 5.99. The Labute approximate surface area is 103 Å². The number of nitrogens with zero attached hydrogens (tertiary/aromatic N) is 2. The monoisotopic (exact) mass is 235 g/mol. The molecule has 17 heavy (non-hydrogen) atoms. The molecule has 4 nitrogen and oxygen atoms in total. The van der Waals surface area contributed by atoms with Crippen LogP contribution in [0.3, 0.4) is 0 Å². The quantitative estimate of drug-likeness (QED) is 0.327. The summed E-state index contributed by atoms with van der Waals surface area (Å²) in [7, 11) is 0. The SMILES string of the molecule is CCN(CC/C(N)=N/O)CCc1ccccc1. The van der Waals surface area contributed by atoms with Crippen LogP contribution in [0.4, 0.5) is 0 Å². The van der Waals surface area contributed by atoms with Gasteiger partial charge in [0, 0.05) is 19.5 Å². The van der Waals surface area contributed by atoms with Crippen LogP contribution in [0.25, 0.3) is 0 Å². The molecule has 0 radical (unpaired) electrons. The minimum absolute atomic E-state index is 0.295. The molecular formula is C13H21N3O. The second-order valence-corrected chi connectivity index (χ2v) is 4.01. The zero-order valence-electron chi connectivity index (χ0n) is 10.3. The van der Waals surface area contributed by atoms with Gasteiger partial charge in [-0.25, -0.2) is 0 Å². The maximum absolute atomic E-state index is 8.47. The van der Waals surface area contributed by atoms with Crippen LogP contribution >= 0.6 is 0 Å². The highest BCUT2D eigenvalue weighted by Crippen LogP contribution is 2.02. The molecule has 0 aliphatic heterocycles. The lowest BCUT2D eigenvalue weighted by molar-refractivity contribution is 0.292. The molecular weight excluding hydrogens is 214 g/mol. The molecule has 1 aromatic carbocycles. The fourth-order valence-corrected chi connectivity index (χ4v) is 1.68. The molecule has 0 unspecified atom stereocenters. The summed E-state index contributed by atoms with van der Waals surface area (Å²) in [5, 5.41) is 11.5. The molecule has 94 valence electrons. The molecule has 0 aliphatic carbocycles. The van der Waals surface area contributed by atoms with Gasteiger partial charge in [0.05, 0.1) is 0 Å². The second-order valence-electron chi connectivity index (χ2n) is 4.01. The average molecular weight is 235 g/mol. The van der Waals surface area contributed by atoms with Gasteiger partial charge in [-0.2, -0.15) is 0 Å². The summed E-state index contributed by atoms with van der Waals surface area (Å²) in [4.78, 5) is 2.30. The van der Waals surface area contributed by atoms with E-state index in [-0.39, 0.29) is 0 Å². The van der Waals surface area contributed by atoms with Crippen LogP contribution in [0.2, 0.25) is 0 Å². The largest absolute Gasteiger partial charge is 0.409 e. The molecule has 0 saturated heterocycles. The average Bonchev–Trinajstić information content (AvgIpc) is 2.39. The first-order valence-corrected chi connectivity index (χ1v) is 5.99. The highest BCUT2D eigenvalue weighted by Gasteiger charge is 2.04. The standard InChI is InChI=1S/C13H21N3O/c1-2-16(11-9-13(14)15-17)10-8-12-6-4-3-5-7-12/h3-7,17H,2,8-11H2,1H3,(H2,14,15). The van der Waals surface area contributed by atoms with E-state index in [1.807, 2.05) is 6.07 Å². The Morgan fingerprint density at radius 1 is 1.29 bits per heavy atom. The molecule has 0 atom stereocenters. The number of amidine groups is 1. The van der Waals surface area contributed by atoms with Crippen molar-refractivity contribution < 1.29 is 5.21 Å². The van der Waals surface area contributed by atoms with Crippen molar-refractivity contribution in [2.75, 3.05) is 19.6 Å². The van der Waals surface area contributed by atoms with E-state index in [1.165, 1.54) is 5.56 Å². The number of hydrogen-bond donors (Lipinski definition) is 2. The van der Waals surface area contributed by atoms with Gasteiger partial charge in [0.2, 0.25) is 0 Å². The van der Waals surface area contributed by atoms with Crippen molar-refractivity contribution in [2.24, 2.45) is 10.9 Å². The van der Waals surface area contributed by atoms with E-state index in [4.69, 9.17) is 10.9 Å². The van der Waals surface area contributed by atoms with Gasteiger partial charge < -0.3 is 15.8 Å². The topological polar surface area (TPSA) is 61.8 Å². The minimum atomic E-state index is 0.295. The third-order valence-corrected chi connectivity index (χ3v) is 2.82. The summed E-state index contributed by atoms with van der Waals surface area (Å²) in [6.45, 7) is 4.93. The highest BCUT2D eigenvalue weighted by atomic mass is 16.4. The molecule has 0 saturated carbocycles. The lowest BCUT2D eigenvalue weighted by atomic mass is 10.1. The van der Waals surface area contributed by atoms with E-state index in [1.54, 1.807) is 0 Å². The molecule has 0 aliphatic rings. The van der Waals surface area contributed by atoms with Gasteiger partial charge in [0.1, 0.15) is 5.84 Å². The zero-order chi connectivity index (χ0) is 12.5. The molecule has 4 heteroatoms. The Morgan fingerprint density at radius 3 is 2.59 bits per heavy atom. The maximum Gasteiger partial charge on any atom is 0.140 e. The van der Waals surface area contributed by atoms with E-state index in [2.05, 4.69) is 41.2 Å². The summed E-state index contributed by atoms with van der Waals surface area (Å²) >= 11 is 0. The fraction of sp³-hybridized carbons (Fsp3) is 0.462. The first kappa shape index (κ1) is 13.5. The van der Waals surface area contributed by atoms with E-state index < -0.39 is 0 Å². The molecule has 0 fully saturated rings. The number of benzene rings is 1. The van der Waals surface area contributed by atoms with Crippen molar-refractivity contribution in [3.63, 3.8) is 0 Å². The minimum Gasteiger partial charge on any atom is -0.409 e. The Hall–Kier alpha value is -1.55. The van der Waals surface area contributed by atoms with Gasteiger partial charge in [-0.05, 0) is 18.5 Å². The van der Waals surface area contributed by atoms with E-state index in [9.17, 15) is 0 Å². The van der Waals surface area contributed by atoms with Crippen LogP contribution in [0.1, 0.15) is 18.9 Å². The number of oxime groups is 1. The lowest BCUT2D eigenvalue weighted by Gasteiger charge is -2.19. The predicted octanol–water partition coefficient (Wildman–Crippen LogP) is 1.69. The summed E-state index contributed by atoms with van der Waals surface area (Å²) in [5.41, 5.74) is 6.80. The summed E-state index contributed by atoms with van der Waals surface area (Å²) in [5.74, 6) is 0.295. The Morgan fingerprint density at radius 2 is 2.00 bits per heavy atom. The molecule has 0 bridgehead atoms. The van der Waals surface area contributed by atoms with Crippen molar-refractivity contribution in [2.45, 2.75) is 19.8 Å². The van der Waals surface area contributed by atoms with Gasteiger partial charge in [0.25, 0.3) is 0 Å². The third-order valence-electron chi connectivity index (χ3n) is 2.82. The van der Waals surface area contributed by atoms with Crippen LogP contribution in [-0.2, 0) is 6.42 Å². The Bertz CT molecular complexity index is 338.